The SMILES string of the molecule is N#Cc1cc(-c2ccc3ccc(-c4ccc(-c5nc(-c6ccccc6)cc(-c6ccccc6)n5)cc4)cc3c2)cc(-c2ccc3c4ccccc4c4ccccc4c3c2)c1. The van der Waals surface area contributed by atoms with Crippen molar-refractivity contribution in [1.82, 2.24) is 9.97 Å². The Bertz CT molecular complexity index is 3380. The summed E-state index contributed by atoms with van der Waals surface area (Å²) in [5, 5.41) is 19.9. The van der Waals surface area contributed by atoms with Gasteiger partial charge >= 0.3 is 0 Å². The van der Waals surface area contributed by atoms with E-state index >= 15 is 0 Å². The van der Waals surface area contributed by atoms with Crippen LogP contribution in [-0.2, 0) is 0 Å². The van der Waals surface area contributed by atoms with Gasteiger partial charge in [0, 0.05) is 16.7 Å². The molecule has 11 aromatic rings. The van der Waals surface area contributed by atoms with Crippen LogP contribution in [0, 0.1) is 11.3 Å². The maximum atomic E-state index is 10.2. The van der Waals surface area contributed by atoms with Gasteiger partial charge in [-0.05, 0) is 119 Å². The molecule has 0 spiro atoms. The van der Waals surface area contributed by atoms with E-state index in [2.05, 4.69) is 170 Å². The Balaban J connectivity index is 0.944. The van der Waals surface area contributed by atoms with Gasteiger partial charge in [-0.15, -0.1) is 0 Å². The summed E-state index contributed by atoms with van der Waals surface area (Å²) in [4.78, 5) is 10.0. The number of nitrogens with zero attached hydrogens (tertiary/aromatic N) is 3. The van der Waals surface area contributed by atoms with Crippen LogP contribution in [0.15, 0.2) is 212 Å². The van der Waals surface area contributed by atoms with Crippen LogP contribution in [0.5, 0.6) is 0 Å². The van der Waals surface area contributed by atoms with Crippen molar-refractivity contribution in [2.24, 2.45) is 0 Å². The van der Waals surface area contributed by atoms with Gasteiger partial charge in [-0.3, -0.25) is 0 Å². The Kier molecular flexibility index (Phi) is 8.54. The molecule has 0 aliphatic rings. The van der Waals surface area contributed by atoms with Crippen molar-refractivity contribution >= 4 is 43.1 Å². The molecule has 0 radical (unpaired) electrons. The molecule has 1 aromatic heterocycles. The molecule has 1 heterocycles. The van der Waals surface area contributed by atoms with Gasteiger partial charge in [-0.2, -0.15) is 5.26 Å². The van der Waals surface area contributed by atoms with Gasteiger partial charge < -0.3 is 0 Å². The molecular weight excluding hydrogens is 727 g/mol. The van der Waals surface area contributed by atoms with Crippen molar-refractivity contribution in [3.8, 4) is 73.4 Å². The fraction of sp³-hybridized carbons (Fsp3) is 0. The van der Waals surface area contributed by atoms with E-state index in [9.17, 15) is 5.26 Å². The summed E-state index contributed by atoms with van der Waals surface area (Å²) in [5.74, 6) is 0.689. The zero-order valence-corrected chi connectivity index (χ0v) is 32.5. The third-order valence-corrected chi connectivity index (χ3v) is 11.7. The van der Waals surface area contributed by atoms with Crippen LogP contribution in [0.25, 0.3) is 110 Å². The van der Waals surface area contributed by atoms with E-state index < -0.39 is 0 Å². The first-order chi connectivity index (χ1) is 29.6. The third-order valence-electron chi connectivity index (χ3n) is 11.7. The van der Waals surface area contributed by atoms with E-state index in [4.69, 9.17) is 9.97 Å². The number of benzene rings is 10. The minimum absolute atomic E-state index is 0.633. The molecule has 3 nitrogen and oxygen atoms in total. The van der Waals surface area contributed by atoms with Gasteiger partial charge in [-0.25, -0.2) is 9.97 Å². The van der Waals surface area contributed by atoms with Crippen LogP contribution in [0.2, 0.25) is 0 Å². The van der Waals surface area contributed by atoms with Crippen LogP contribution >= 0.6 is 0 Å². The van der Waals surface area contributed by atoms with Crippen LogP contribution in [0.4, 0.5) is 0 Å². The Hall–Kier alpha value is -8.19. The van der Waals surface area contributed by atoms with Crippen molar-refractivity contribution in [3.63, 3.8) is 0 Å². The van der Waals surface area contributed by atoms with Crippen molar-refractivity contribution < 1.29 is 0 Å². The zero-order chi connectivity index (χ0) is 40.0. The minimum atomic E-state index is 0.633. The molecule has 278 valence electrons. The largest absolute Gasteiger partial charge is 0.228 e. The minimum Gasteiger partial charge on any atom is -0.228 e. The average Bonchev–Trinajstić information content (AvgIpc) is 3.34. The second-order valence-electron chi connectivity index (χ2n) is 15.3. The van der Waals surface area contributed by atoms with E-state index in [1.807, 2.05) is 48.5 Å². The highest BCUT2D eigenvalue weighted by atomic mass is 14.9. The number of hydrogen-bond donors (Lipinski definition) is 0. The summed E-state index contributed by atoms with van der Waals surface area (Å²) >= 11 is 0. The third kappa shape index (κ3) is 6.34. The molecule has 10 aromatic carbocycles. The Morgan fingerprint density at radius 2 is 0.717 bits per heavy atom. The van der Waals surface area contributed by atoms with E-state index in [1.165, 1.54) is 32.3 Å². The fourth-order valence-electron chi connectivity index (χ4n) is 8.62. The Labute approximate surface area is 348 Å². The normalized spacial score (nSPS) is 11.3. The molecule has 0 saturated heterocycles. The standard InChI is InChI=1S/C57H35N3/c58-36-37-29-46(33-47(30-37)45-27-28-53-51-17-8-7-15-49(51)50-16-9-10-18-52(50)54(53)34-45)44-26-22-39-21-25-43(31-48(39)32-44)38-19-23-42(24-20-38)57-59-55(40-11-3-1-4-12-40)35-56(60-57)41-13-5-2-6-14-41/h1-35H. The molecule has 60 heavy (non-hydrogen) atoms. The van der Waals surface area contributed by atoms with Crippen LogP contribution in [0.1, 0.15) is 5.56 Å². The Morgan fingerprint density at radius 3 is 1.27 bits per heavy atom. The summed E-state index contributed by atoms with van der Waals surface area (Å²) in [6.45, 7) is 0. The van der Waals surface area contributed by atoms with E-state index in [1.54, 1.807) is 0 Å². The second kappa shape index (κ2) is 14.6. The van der Waals surface area contributed by atoms with Crippen molar-refractivity contribution in [2.75, 3.05) is 0 Å². The first-order valence-corrected chi connectivity index (χ1v) is 20.2. The predicted octanol–water partition coefficient (Wildman–Crippen LogP) is 15.0. The highest BCUT2D eigenvalue weighted by Crippen LogP contribution is 2.39. The van der Waals surface area contributed by atoms with Crippen LogP contribution in [0.3, 0.4) is 0 Å². The highest BCUT2D eigenvalue weighted by molar-refractivity contribution is 6.25. The summed E-state index contributed by atoms with van der Waals surface area (Å²) in [5.41, 5.74) is 11.9. The van der Waals surface area contributed by atoms with Gasteiger partial charge in [0.1, 0.15) is 0 Å². The molecule has 0 aliphatic heterocycles. The molecule has 0 unspecified atom stereocenters. The molecule has 0 atom stereocenters. The molecule has 0 N–H and O–H groups in total. The number of fused-ring (bicyclic) bond motifs is 7. The molecule has 0 amide bonds. The van der Waals surface area contributed by atoms with Gasteiger partial charge in [0.25, 0.3) is 0 Å². The Morgan fingerprint density at radius 1 is 0.283 bits per heavy atom. The molecule has 0 bridgehead atoms. The first-order valence-electron chi connectivity index (χ1n) is 20.2. The molecule has 0 fully saturated rings. The van der Waals surface area contributed by atoms with Gasteiger partial charge in [0.2, 0.25) is 0 Å². The summed E-state index contributed by atoms with van der Waals surface area (Å²) in [6, 6.07) is 77.0. The van der Waals surface area contributed by atoms with Gasteiger partial charge in [0.15, 0.2) is 5.82 Å². The van der Waals surface area contributed by atoms with E-state index in [0.717, 1.165) is 72.2 Å². The van der Waals surface area contributed by atoms with Crippen molar-refractivity contribution in [2.45, 2.75) is 0 Å². The molecular formula is C57H35N3. The molecule has 0 saturated carbocycles. The van der Waals surface area contributed by atoms with Gasteiger partial charge in [0.05, 0.1) is 23.0 Å². The summed E-state index contributed by atoms with van der Waals surface area (Å²) in [6.07, 6.45) is 0. The van der Waals surface area contributed by atoms with Crippen LogP contribution in [-0.4, -0.2) is 9.97 Å². The van der Waals surface area contributed by atoms with E-state index in [0.29, 0.717) is 11.4 Å². The number of hydrogen-bond acceptors (Lipinski definition) is 3. The van der Waals surface area contributed by atoms with E-state index in [-0.39, 0.29) is 0 Å². The maximum Gasteiger partial charge on any atom is 0.160 e. The molecule has 3 heteroatoms. The monoisotopic (exact) mass is 761 g/mol. The van der Waals surface area contributed by atoms with Crippen molar-refractivity contribution in [1.29, 1.82) is 5.26 Å². The average molecular weight is 762 g/mol. The van der Waals surface area contributed by atoms with Crippen LogP contribution < -0.4 is 0 Å². The second-order valence-corrected chi connectivity index (χ2v) is 15.3. The summed E-state index contributed by atoms with van der Waals surface area (Å²) < 4.78 is 0. The fourth-order valence-corrected chi connectivity index (χ4v) is 8.62. The first kappa shape index (κ1) is 35.0. The topological polar surface area (TPSA) is 49.6 Å². The lowest BCUT2D eigenvalue weighted by molar-refractivity contribution is 1.18. The lowest BCUT2D eigenvalue weighted by Crippen LogP contribution is -1.95. The number of aromatic nitrogens is 2. The maximum absolute atomic E-state index is 10.2. The number of rotatable bonds is 6. The lowest BCUT2D eigenvalue weighted by Gasteiger charge is -2.13. The summed E-state index contributed by atoms with van der Waals surface area (Å²) in [7, 11) is 0. The molecule has 0 aliphatic carbocycles. The quantitative estimate of drug-likeness (QED) is 0.159. The predicted molar refractivity (Wildman–Crippen MR) is 249 cm³/mol. The molecule has 11 rings (SSSR count). The number of nitriles is 1. The smallest absolute Gasteiger partial charge is 0.160 e. The zero-order valence-electron chi connectivity index (χ0n) is 32.5. The van der Waals surface area contributed by atoms with Gasteiger partial charge in [-0.1, -0.05) is 170 Å². The lowest BCUT2D eigenvalue weighted by atomic mass is 9.90. The highest BCUT2D eigenvalue weighted by Gasteiger charge is 2.14. The van der Waals surface area contributed by atoms with Crippen molar-refractivity contribution in [3.05, 3.63) is 218 Å².